The topological polar surface area (TPSA) is 86.7 Å². The number of benzene rings is 1. The van der Waals surface area contributed by atoms with Gasteiger partial charge in [-0.15, -0.1) is 0 Å². The molecule has 1 aromatic carbocycles. The molecular weight excluding hydrogens is 256 g/mol. The summed E-state index contributed by atoms with van der Waals surface area (Å²) in [5.74, 6) is -0.543. The highest BCUT2D eigenvalue weighted by Crippen LogP contribution is 2.24. The van der Waals surface area contributed by atoms with Gasteiger partial charge in [0.15, 0.2) is 0 Å². The number of hydrogen-bond donors (Lipinski definition) is 2. The molecule has 0 saturated carbocycles. The monoisotopic (exact) mass is 272 g/mol. The third-order valence-electron chi connectivity index (χ3n) is 2.49. The summed E-state index contributed by atoms with van der Waals surface area (Å²) in [6, 6.07) is 5.69. The van der Waals surface area contributed by atoms with Crippen molar-refractivity contribution < 1.29 is 18.3 Å². The van der Waals surface area contributed by atoms with Crippen LogP contribution in [0.3, 0.4) is 0 Å². The van der Waals surface area contributed by atoms with Crippen LogP contribution in [0.1, 0.15) is 6.42 Å². The molecule has 18 heavy (non-hydrogen) atoms. The molecule has 0 fully saturated rings. The predicted molar refractivity (Wildman–Crippen MR) is 66.6 cm³/mol. The summed E-state index contributed by atoms with van der Waals surface area (Å²) in [6.45, 7) is 0.0519. The number of para-hydroxylation sites is 1. The van der Waals surface area contributed by atoms with E-state index < -0.39 is 10.0 Å². The van der Waals surface area contributed by atoms with Gasteiger partial charge in [-0.05, 0) is 12.1 Å². The number of rotatable bonds is 5. The maximum Gasteiger partial charge on any atom is 0.246 e. The molecular formula is C11H16N2O4S. The lowest BCUT2D eigenvalue weighted by Crippen LogP contribution is -2.31. The van der Waals surface area contributed by atoms with Crippen molar-refractivity contribution in [3.8, 4) is 5.75 Å². The second-order valence-electron chi connectivity index (χ2n) is 3.72. The molecule has 0 heterocycles. The van der Waals surface area contributed by atoms with Gasteiger partial charge in [0.2, 0.25) is 15.9 Å². The van der Waals surface area contributed by atoms with Crippen LogP contribution in [0.15, 0.2) is 29.2 Å². The van der Waals surface area contributed by atoms with E-state index >= 15 is 0 Å². The third kappa shape index (κ3) is 3.21. The largest absolute Gasteiger partial charge is 0.507 e. The van der Waals surface area contributed by atoms with Crippen molar-refractivity contribution in [2.24, 2.45) is 0 Å². The summed E-state index contributed by atoms with van der Waals surface area (Å²) < 4.78 is 25.2. The van der Waals surface area contributed by atoms with E-state index in [4.69, 9.17) is 0 Å². The minimum atomic E-state index is -3.77. The van der Waals surface area contributed by atoms with Crippen molar-refractivity contribution in [1.82, 2.24) is 9.62 Å². The average Bonchev–Trinajstić information content (AvgIpc) is 2.35. The number of amides is 1. The standard InChI is InChI=1S/C11H16N2O4S/c1-12-11(15)7-8-13(2)18(16,17)10-6-4-3-5-9(10)14/h3-6,14H,7-8H2,1-2H3,(H,12,15). The van der Waals surface area contributed by atoms with E-state index in [9.17, 15) is 18.3 Å². The highest BCUT2D eigenvalue weighted by atomic mass is 32.2. The Kier molecular flexibility index (Phi) is 4.69. The molecule has 7 heteroatoms. The van der Waals surface area contributed by atoms with Crippen LogP contribution < -0.4 is 5.32 Å². The Bertz CT molecular complexity index is 528. The quantitative estimate of drug-likeness (QED) is 0.798. The molecule has 1 rings (SSSR count). The first-order valence-electron chi connectivity index (χ1n) is 5.34. The number of phenolic OH excluding ortho intramolecular Hbond substituents is 1. The van der Waals surface area contributed by atoms with Crippen molar-refractivity contribution in [1.29, 1.82) is 0 Å². The number of nitrogens with zero attached hydrogens (tertiary/aromatic N) is 1. The Morgan fingerprint density at radius 1 is 1.39 bits per heavy atom. The zero-order chi connectivity index (χ0) is 13.8. The average molecular weight is 272 g/mol. The maximum absolute atomic E-state index is 12.1. The van der Waals surface area contributed by atoms with Gasteiger partial charge in [-0.3, -0.25) is 4.79 Å². The molecule has 100 valence electrons. The van der Waals surface area contributed by atoms with E-state index in [1.54, 1.807) is 6.07 Å². The van der Waals surface area contributed by atoms with Gasteiger partial charge in [0.25, 0.3) is 0 Å². The van der Waals surface area contributed by atoms with Crippen LogP contribution in [0.2, 0.25) is 0 Å². The van der Waals surface area contributed by atoms with Crippen molar-refractivity contribution in [2.45, 2.75) is 11.3 Å². The van der Waals surface area contributed by atoms with Gasteiger partial charge in [0.1, 0.15) is 10.6 Å². The van der Waals surface area contributed by atoms with Gasteiger partial charge >= 0.3 is 0 Å². The Morgan fingerprint density at radius 3 is 2.56 bits per heavy atom. The van der Waals surface area contributed by atoms with Gasteiger partial charge in [0, 0.05) is 27.1 Å². The van der Waals surface area contributed by atoms with Gasteiger partial charge in [0.05, 0.1) is 0 Å². The molecule has 0 atom stereocenters. The van der Waals surface area contributed by atoms with E-state index in [1.165, 1.54) is 32.3 Å². The number of carbonyl (C=O) groups excluding carboxylic acids is 1. The van der Waals surface area contributed by atoms with Crippen LogP contribution in [0.4, 0.5) is 0 Å². The Morgan fingerprint density at radius 2 is 2.00 bits per heavy atom. The third-order valence-corrected chi connectivity index (χ3v) is 4.39. The number of phenols is 1. The summed E-state index contributed by atoms with van der Waals surface area (Å²) in [5.41, 5.74) is 0. The molecule has 0 aliphatic carbocycles. The molecule has 0 radical (unpaired) electrons. The Balaban J connectivity index is 2.87. The minimum absolute atomic E-state index is 0.0519. The van der Waals surface area contributed by atoms with Crippen LogP contribution in [0.25, 0.3) is 0 Å². The van der Waals surface area contributed by atoms with Crippen LogP contribution in [0.5, 0.6) is 5.75 Å². The van der Waals surface area contributed by atoms with Crippen molar-refractivity contribution in [3.63, 3.8) is 0 Å². The molecule has 0 aliphatic heterocycles. The van der Waals surface area contributed by atoms with Crippen molar-refractivity contribution in [2.75, 3.05) is 20.6 Å². The maximum atomic E-state index is 12.1. The molecule has 0 unspecified atom stereocenters. The Labute approximate surface area is 106 Å². The second-order valence-corrected chi connectivity index (χ2v) is 5.73. The number of carbonyl (C=O) groups is 1. The molecule has 0 bridgehead atoms. The molecule has 0 aromatic heterocycles. The number of hydrogen-bond acceptors (Lipinski definition) is 4. The molecule has 0 aliphatic rings. The first-order valence-corrected chi connectivity index (χ1v) is 6.78. The lowest BCUT2D eigenvalue weighted by Gasteiger charge is -2.17. The lowest BCUT2D eigenvalue weighted by molar-refractivity contribution is -0.120. The lowest BCUT2D eigenvalue weighted by atomic mass is 10.3. The van der Waals surface area contributed by atoms with E-state index in [0.29, 0.717) is 0 Å². The van der Waals surface area contributed by atoms with Crippen LogP contribution in [0, 0.1) is 0 Å². The fourth-order valence-corrected chi connectivity index (χ4v) is 2.60. The first kappa shape index (κ1) is 14.5. The highest BCUT2D eigenvalue weighted by Gasteiger charge is 2.23. The minimum Gasteiger partial charge on any atom is -0.507 e. The highest BCUT2D eigenvalue weighted by molar-refractivity contribution is 7.89. The van der Waals surface area contributed by atoms with E-state index in [-0.39, 0.29) is 29.5 Å². The molecule has 0 saturated heterocycles. The zero-order valence-corrected chi connectivity index (χ0v) is 11.1. The smallest absolute Gasteiger partial charge is 0.246 e. The fraction of sp³-hybridized carbons (Fsp3) is 0.364. The predicted octanol–water partition coefficient (Wildman–Crippen LogP) is 0.149. The summed E-state index contributed by atoms with van der Waals surface area (Å²) in [7, 11) is -0.918. The Hall–Kier alpha value is -1.60. The number of aromatic hydroxyl groups is 1. The van der Waals surface area contributed by atoms with Crippen molar-refractivity contribution >= 4 is 15.9 Å². The first-order chi connectivity index (χ1) is 8.39. The SMILES string of the molecule is CNC(=O)CCN(C)S(=O)(=O)c1ccccc1O. The number of nitrogens with one attached hydrogen (secondary N) is 1. The summed E-state index contributed by atoms with van der Waals surface area (Å²) in [5, 5.41) is 11.9. The molecule has 6 nitrogen and oxygen atoms in total. The van der Waals surface area contributed by atoms with E-state index in [0.717, 1.165) is 4.31 Å². The second kappa shape index (κ2) is 5.83. The number of sulfonamides is 1. The van der Waals surface area contributed by atoms with Crippen molar-refractivity contribution in [3.05, 3.63) is 24.3 Å². The normalized spacial score (nSPS) is 11.5. The van der Waals surface area contributed by atoms with Gasteiger partial charge in [-0.2, -0.15) is 0 Å². The fourth-order valence-electron chi connectivity index (χ4n) is 1.35. The van der Waals surface area contributed by atoms with E-state index in [2.05, 4.69) is 5.32 Å². The van der Waals surface area contributed by atoms with Crippen LogP contribution in [-0.4, -0.2) is 44.4 Å². The molecule has 0 spiro atoms. The van der Waals surface area contributed by atoms with Gasteiger partial charge in [-0.1, -0.05) is 12.1 Å². The van der Waals surface area contributed by atoms with Gasteiger partial charge < -0.3 is 10.4 Å². The van der Waals surface area contributed by atoms with Crippen LogP contribution in [-0.2, 0) is 14.8 Å². The zero-order valence-electron chi connectivity index (χ0n) is 10.3. The van der Waals surface area contributed by atoms with Gasteiger partial charge in [-0.25, -0.2) is 12.7 Å². The molecule has 1 aromatic rings. The van der Waals surface area contributed by atoms with E-state index in [1.807, 2.05) is 0 Å². The van der Waals surface area contributed by atoms with Crippen LogP contribution >= 0.6 is 0 Å². The molecule has 1 amide bonds. The summed E-state index contributed by atoms with van der Waals surface area (Å²) in [6.07, 6.45) is 0.0693. The molecule has 2 N–H and O–H groups in total. The summed E-state index contributed by atoms with van der Waals surface area (Å²) in [4.78, 5) is 10.9. The summed E-state index contributed by atoms with van der Waals surface area (Å²) >= 11 is 0.